The monoisotopic (exact) mass is 512 g/mol. The van der Waals surface area contributed by atoms with Crippen molar-refractivity contribution in [1.82, 2.24) is 4.90 Å². The highest BCUT2D eigenvalue weighted by atomic mass is 35.5. The van der Waals surface area contributed by atoms with Crippen LogP contribution >= 0.6 is 24.0 Å². The van der Waals surface area contributed by atoms with Gasteiger partial charge in [0.2, 0.25) is 0 Å². The predicted molar refractivity (Wildman–Crippen MR) is 134 cm³/mol. The molecule has 4 N–H and O–H groups in total. The molecule has 34 heavy (non-hydrogen) atoms. The zero-order valence-corrected chi connectivity index (χ0v) is 20.1. The molecule has 0 aromatic heterocycles. The molecule has 2 aliphatic heterocycles. The summed E-state index contributed by atoms with van der Waals surface area (Å²) >= 11 is 5.86. The smallest absolute Gasteiger partial charge is 0.267 e. The number of nitrogens with zero attached hydrogens (tertiary/aromatic N) is 2. The van der Waals surface area contributed by atoms with Gasteiger partial charge < -0.3 is 30.3 Å². The number of anilines is 2. The number of fused-ring (bicyclic) bond motifs is 1. The quantitative estimate of drug-likeness (QED) is 0.455. The Labute approximate surface area is 209 Å². The number of benzene rings is 2. The van der Waals surface area contributed by atoms with Gasteiger partial charge in [0.15, 0.2) is 0 Å². The van der Waals surface area contributed by atoms with E-state index in [-0.39, 0.29) is 30.2 Å². The lowest BCUT2D eigenvalue weighted by Crippen LogP contribution is -2.39. The minimum Gasteiger partial charge on any atom is -0.481 e. The summed E-state index contributed by atoms with van der Waals surface area (Å²) in [5.41, 5.74) is 1.63. The van der Waals surface area contributed by atoms with Crippen LogP contribution in [0.1, 0.15) is 5.56 Å². The average molecular weight is 513 g/mol. The van der Waals surface area contributed by atoms with Crippen molar-refractivity contribution in [2.24, 2.45) is 4.99 Å². The van der Waals surface area contributed by atoms with E-state index < -0.39 is 11.7 Å². The number of nitrogens with one attached hydrogen (secondary N) is 2. The van der Waals surface area contributed by atoms with Gasteiger partial charge in [-0.1, -0.05) is 23.4 Å². The molecule has 1 fully saturated rings. The molecule has 0 spiro atoms. The summed E-state index contributed by atoms with van der Waals surface area (Å²) in [7, 11) is 1.50. The van der Waals surface area contributed by atoms with E-state index in [1.165, 1.54) is 19.5 Å². The van der Waals surface area contributed by atoms with E-state index in [4.69, 9.17) is 25.8 Å². The van der Waals surface area contributed by atoms with Gasteiger partial charge in [-0.15, -0.1) is 12.4 Å². The zero-order chi connectivity index (χ0) is 22.4. The molecule has 184 valence electrons. The van der Waals surface area contributed by atoms with E-state index in [9.17, 15) is 4.39 Å². The third-order valence-corrected chi connectivity index (χ3v) is 5.43. The second kappa shape index (κ2) is 12.8. The van der Waals surface area contributed by atoms with Crippen molar-refractivity contribution >= 4 is 41.7 Å². The summed E-state index contributed by atoms with van der Waals surface area (Å²) in [6.07, 6.45) is 1.50. The Hall–Kier alpha value is -2.58. The largest absolute Gasteiger partial charge is 0.481 e. The highest BCUT2D eigenvalue weighted by molar-refractivity contribution is 6.30. The molecule has 11 heteroatoms. The van der Waals surface area contributed by atoms with E-state index in [0.29, 0.717) is 22.9 Å². The molecule has 1 saturated heterocycles. The molecule has 1 atom stereocenters. The fourth-order valence-corrected chi connectivity index (χ4v) is 3.63. The molecule has 2 aromatic rings. The van der Waals surface area contributed by atoms with Gasteiger partial charge in [0.1, 0.15) is 18.2 Å². The Kier molecular flexibility index (Phi) is 10.4. The van der Waals surface area contributed by atoms with E-state index in [1.54, 1.807) is 18.2 Å². The number of aliphatic imine (C=N–C) groups is 1. The Bertz CT molecular complexity index is 1060. The first kappa shape index (κ1) is 27.7. The van der Waals surface area contributed by atoms with Gasteiger partial charge in [-0.25, -0.2) is 9.38 Å². The van der Waals surface area contributed by atoms with Crippen LogP contribution < -0.4 is 15.4 Å². The van der Waals surface area contributed by atoms with Gasteiger partial charge in [0.05, 0.1) is 43.0 Å². The standard InChI is InChI=1S/C23H24ClFN4O3.ClH.H2O/c1-30-23(28-21-7-4-17(24)14-20(21)25)19-6-5-18(15-22(19)26-16-27-23)32-11-3-2-8-29-9-12-31-13-10-29;;/h4-7,14-16,28H,8-13H2,1H3,(H,26,27);1H;1H2. The van der Waals surface area contributed by atoms with Crippen LogP contribution in [0.25, 0.3) is 0 Å². The minimum atomic E-state index is -1.30. The van der Waals surface area contributed by atoms with Crippen molar-refractivity contribution in [3.05, 3.63) is 52.8 Å². The summed E-state index contributed by atoms with van der Waals surface area (Å²) in [5, 5.41) is 6.43. The summed E-state index contributed by atoms with van der Waals surface area (Å²) in [6.45, 7) is 4.31. The fraction of sp³-hybridized carbons (Fsp3) is 0.348. The second-order valence-electron chi connectivity index (χ2n) is 7.24. The van der Waals surface area contributed by atoms with Crippen molar-refractivity contribution in [2.45, 2.75) is 5.85 Å². The van der Waals surface area contributed by atoms with Crippen LogP contribution in [0.3, 0.4) is 0 Å². The first-order chi connectivity index (χ1) is 15.6. The Morgan fingerprint density at radius 2 is 2.03 bits per heavy atom. The van der Waals surface area contributed by atoms with E-state index in [2.05, 4.69) is 32.4 Å². The Balaban J connectivity index is 0.00000204. The van der Waals surface area contributed by atoms with Crippen molar-refractivity contribution in [3.63, 3.8) is 0 Å². The van der Waals surface area contributed by atoms with Crippen molar-refractivity contribution < 1.29 is 24.1 Å². The number of halogens is 3. The lowest BCUT2D eigenvalue weighted by atomic mass is 10.1. The summed E-state index contributed by atoms with van der Waals surface area (Å²) in [4.78, 5) is 6.64. The Morgan fingerprint density at radius 1 is 1.24 bits per heavy atom. The van der Waals surface area contributed by atoms with Gasteiger partial charge in [0.25, 0.3) is 5.85 Å². The maximum atomic E-state index is 14.4. The first-order valence-corrected chi connectivity index (χ1v) is 10.6. The molecule has 2 heterocycles. The van der Waals surface area contributed by atoms with Crippen molar-refractivity contribution in [3.8, 4) is 17.6 Å². The van der Waals surface area contributed by atoms with Gasteiger partial charge in [-0.2, -0.15) is 0 Å². The van der Waals surface area contributed by atoms with Crippen LogP contribution in [0.15, 0.2) is 41.4 Å². The highest BCUT2D eigenvalue weighted by Crippen LogP contribution is 2.38. The maximum Gasteiger partial charge on any atom is 0.267 e. The average Bonchev–Trinajstić information content (AvgIpc) is 2.81. The lowest BCUT2D eigenvalue weighted by molar-refractivity contribution is 0.0188. The normalized spacial score (nSPS) is 18.8. The zero-order valence-electron chi connectivity index (χ0n) is 18.6. The minimum absolute atomic E-state index is 0. The van der Waals surface area contributed by atoms with Gasteiger partial charge in [-0.3, -0.25) is 4.90 Å². The van der Waals surface area contributed by atoms with Crippen LogP contribution in [-0.2, 0) is 15.3 Å². The van der Waals surface area contributed by atoms with Crippen LogP contribution in [0.5, 0.6) is 5.75 Å². The third-order valence-electron chi connectivity index (χ3n) is 5.20. The molecule has 2 aliphatic rings. The summed E-state index contributed by atoms with van der Waals surface area (Å²) < 4.78 is 31.1. The summed E-state index contributed by atoms with van der Waals surface area (Å²) in [6, 6.07) is 9.83. The van der Waals surface area contributed by atoms with Crippen LogP contribution in [-0.4, -0.2) is 63.3 Å². The van der Waals surface area contributed by atoms with E-state index in [1.807, 2.05) is 12.1 Å². The number of hydrogen-bond donors (Lipinski definition) is 2. The number of ether oxygens (including phenoxy) is 3. The molecule has 0 saturated carbocycles. The number of rotatable bonds is 6. The van der Waals surface area contributed by atoms with E-state index in [0.717, 1.165) is 32.0 Å². The molecule has 2 aromatic carbocycles. The molecular weight excluding hydrogens is 486 g/mol. The molecular formula is C23H27Cl2FN4O4. The van der Waals surface area contributed by atoms with Gasteiger partial charge in [0, 0.05) is 31.3 Å². The SMILES string of the molecule is COC1(Nc2ccc(Cl)cc2F)N=CNc2cc(OCC#CCN3CCOCC3)ccc21.Cl.O. The number of hydrogen-bond acceptors (Lipinski definition) is 7. The van der Waals surface area contributed by atoms with Crippen LogP contribution in [0, 0.1) is 17.7 Å². The molecule has 4 rings (SSSR count). The summed E-state index contributed by atoms with van der Waals surface area (Å²) in [5.74, 6) is 5.02. The third kappa shape index (κ3) is 6.51. The van der Waals surface area contributed by atoms with Crippen molar-refractivity contribution in [2.75, 3.05) is 57.2 Å². The molecule has 1 unspecified atom stereocenters. The van der Waals surface area contributed by atoms with Gasteiger partial charge in [-0.05, 0) is 30.3 Å². The second-order valence-corrected chi connectivity index (χ2v) is 7.67. The maximum absolute atomic E-state index is 14.4. The fourth-order valence-electron chi connectivity index (χ4n) is 3.47. The van der Waals surface area contributed by atoms with E-state index >= 15 is 0 Å². The van der Waals surface area contributed by atoms with Crippen LogP contribution in [0.2, 0.25) is 5.02 Å². The molecule has 0 bridgehead atoms. The molecule has 8 nitrogen and oxygen atoms in total. The molecule has 0 radical (unpaired) electrons. The predicted octanol–water partition coefficient (Wildman–Crippen LogP) is 3.11. The molecule has 0 amide bonds. The van der Waals surface area contributed by atoms with Gasteiger partial charge >= 0.3 is 0 Å². The molecule has 0 aliphatic carbocycles. The van der Waals surface area contributed by atoms with Crippen molar-refractivity contribution in [1.29, 1.82) is 0 Å². The first-order valence-electron chi connectivity index (χ1n) is 10.2. The Morgan fingerprint density at radius 3 is 2.76 bits per heavy atom. The highest BCUT2D eigenvalue weighted by Gasteiger charge is 2.36. The topological polar surface area (TPSA) is 98.8 Å². The lowest BCUT2D eigenvalue weighted by Gasteiger charge is -2.34. The van der Waals surface area contributed by atoms with Crippen LogP contribution in [0.4, 0.5) is 15.8 Å². The number of morpholine rings is 1. The number of methoxy groups -OCH3 is 1.